The lowest BCUT2D eigenvalue weighted by molar-refractivity contribution is 0.335. The summed E-state index contributed by atoms with van der Waals surface area (Å²) >= 11 is 0. The molecule has 0 radical (unpaired) electrons. The minimum atomic E-state index is 0.699. The molecule has 0 N–H and O–H groups in total. The van der Waals surface area contributed by atoms with Crippen LogP contribution in [0.2, 0.25) is 0 Å². The molecule has 0 aliphatic heterocycles. The second kappa shape index (κ2) is 11.4. The highest BCUT2D eigenvalue weighted by molar-refractivity contribution is 4.93. The van der Waals surface area contributed by atoms with Crippen molar-refractivity contribution in [3.05, 3.63) is 24.7 Å². The van der Waals surface area contributed by atoms with E-state index >= 15 is 0 Å². The van der Waals surface area contributed by atoms with E-state index in [9.17, 15) is 0 Å². The zero-order valence-electron chi connectivity index (χ0n) is 11.3. The molecule has 0 saturated heterocycles. The molecule has 1 nitrogen and oxygen atoms in total. The first-order chi connectivity index (χ1) is 6.93. The van der Waals surface area contributed by atoms with Gasteiger partial charge in [-0.3, -0.25) is 0 Å². The molecule has 0 spiro atoms. The van der Waals surface area contributed by atoms with Gasteiger partial charge < -0.3 is 4.74 Å². The molecule has 90 valence electrons. The Hall–Kier alpha value is -0.720. The van der Waals surface area contributed by atoms with Crippen molar-refractivity contribution in [3.63, 3.8) is 0 Å². The second-order valence-electron chi connectivity index (χ2n) is 4.67. The summed E-state index contributed by atoms with van der Waals surface area (Å²) in [5.74, 6) is 2.55. The number of rotatable bonds is 5. The molecule has 0 unspecified atom stereocenters. The SMILES string of the molecule is C=CO/C(=C\CC(C)C)CC.CC(C)C. The number of hydrogen-bond donors (Lipinski definition) is 0. The van der Waals surface area contributed by atoms with Gasteiger partial charge in [0, 0.05) is 6.42 Å². The Morgan fingerprint density at radius 3 is 1.93 bits per heavy atom. The quantitative estimate of drug-likeness (QED) is 0.573. The van der Waals surface area contributed by atoms with Crippen molar-refractivity contribution in [2.45, 2.75) is 54.4 Å². The van der Waals surface area contributed by atoms with Crippen LogP contribution in [0.1, 0.15) is 54.4 Å². The fourth-order valence-electron chi connectivity index (χ4n) is 0.750. The van der Waals surface area contributed by atoms with Gasteiger partial charge in [-0.15, -0.1) is 0 Å². The van der Waals surface area contributed by atoms with Gasteiger partial charge in [-0.1, -0.05) is 48.1 Å². The van der Waals surface area contributed by atoms with E-state index in [1.54, 1.807) is 0 Å². The van der Waals surface area contributed by atoms with Crippen molar-refractivity contribution in [1.29, 1.82) is 0 Å². The predicted octanol–water partition coefficient (Wildman–Crippen LogP) is 5.15. The Morgan fingerprint density at radius 1 is 1.20 bits per heavy atom. The summed E-state index contributed by atoms with van der Waals surface area (Å²) in [4.78, 5) is 0. The van der Waals surface area contributed by atoms with Gasteiger partial charge in [0.25, 0.3) is 0 Å². The Balaban J connectivity index is 0. The normalized spacial score (nSPS) is 11.1. The average molecular weight is 212 g/mol. The van der Waals surface area contributed by atoms with Crippen molar-refractivity contribution in [1.82, 2.24) is 0 Å². The van der Waals surface area contributed by atoms with Gasteiger partial charge in [0.1, 0.15) is 0 Å². The van der Waals surface area contributed by atoms with Gasteiger partial charge in [0.15, 0.2) is 0 Å². The van der Waals surface area contributed by atoms with E-state index in [4.69, 9.17) is 4.74 Å². The molecule has 0 heterocycles. The maximum atomic E-state index is 5.17. The molecule has 1 heteroatoms. The van der Waals surface area contributed by atoms with Crippen molar-refractivity contribution >= 4 is 0 Å². The molecule has 0 amide bonds. The highest BCUT2D eigenvalue weighted by atomic mass is 16.5. The van der Waals surface area contributed by atoms with Gasteiger partial charge in [0.05, 0.1) is 12.0 Å². The fraction of sp³-hybridized carbons (Fsp3) is 0.714. The third-order valence-corrected chi connectivity index (χ3v) is 1.40. The average Bonchev–Trinajstić information content (AvgIpc) is 2.11. The summed E-state index contributed by atoms with van der Waals surface area (Å²) in [5, 5.41) is 0. The molecule has 0 atom stereocenters. The first-order valence-corrected chi connectivity index (χ1v) is 5.90. The second-order valence-corrected chi connectivity index (χ2v) is 4.67. The van der Waals surface area contributed by atoms with Crippen LogP contribution in [0, 0.1) is 11.8 Å². The van der Waals surface area contributed by atoms with Crippen molar-refractivity contribution in [2.75, 3.05) is 0 Å². The Labute approximate surface area is 96.2 Å². The Morgan fingerprint density at radius 2 is 1.67 bits per heavy atom. The van der Waals surface area contributed by atoms with Crippen LogP contribution in [0.3, 0.4) is 0 Å². The van der Waals surface area contributed by atoms with Gasteiger partial charge >= 0.3 is 0 Å². The van der Waals surface area contributed by atoms with Gasteiger partial charge in [0.2, 0.25) is 0 Å². The molecule has 0 aromatic rings. The monoisotopic (exact) mass is 212 g/mol. The predicted molar refractivity (Wildman–Crippen MR) is 69.6 cm³/mol. The lowest BCUT2D eigenvalue weighted by Gasteiger charge is -2.04. The Bertz CT molecular complexity index is 163. The lowest BCUT2D eigenvalue weighted by Crippen LogP contribution is -1.87. The van der Waals surface area contributed by atoms with Crippen molar-refractivity contribution in [3.8, 4) is 0 Å². The summed E-state index contributed by atoms with van der Waals surface area (Å²) in [7, 11) is 0. The van der Waals surface area contributed by atoms with Crippen molar-refractivity contribution < 1.29 is 4.74 Å². The molecular formula is C14H28O. The van der Waals surface area contributed by atoms with Crippen LogP contribution in [-0.4, -0.2) is 0 Å². The summed E-state index contributed by atoms with van der Waals surface area (Å²) in [6.45, 7) is 16.5. The lowest BCUT2D eigenvalue weighted by atomic mass is 10.1. The summed E-state index contributed by atoms with van der Waals surface area (Å²) in [6.07, 6.45) is 5.64. The van der Waals surface area contributed by atoms with Gasteiger partial charge in [-0.25, -0.2) is 0 Å². The topological polar surface area (TPSA) is 9.23 Å². The third kappa shape index (κ3) is 19.6. The van der Waals surface area contributed by atoms with Crippen LogP contribution in [-0.2, 0) is 4.74 Å². The first-order valence-electron chi connectivity index (χ1n) is 5.90. The van der Waals surface area contributed by atoms with Crippen LogP contribution in [0.4, 0.5) is 0 Å². The molecule has 0 aromatic heterocycles. The van der Waals surface area contributed by atoms with Crippen LogP contribution in [0.5, 0.6) is 0 Å². The van der Waals surface area contributed by atoms with E-state index in [1.165, 1.54) is 6.26 Å². The summed E-state index contributed by atoms with van der Waals surface area (Å²) < 4.78 is 5.17. The zero-order chi connectivity index (χ0) is 12.3. The van der Waals surface area contributed by atoms with E-state index in [2.05, 4.69) is 54.2 Å². The van der Waals surface area contributed by atoms with Crippen LogP contribution in [0.15, 0.2) is 24.7 Å². The number of allylic oxidation sites excluding steroid dienone is 2. The maximum Gasteiger partial charge on any atom is 0.0989 e. The molecule has 0 rings (SSSR count). The van der Waals surface area contributed by atoms with Crippen LogP contribution < -0.4 is 0 Å². The van der Waals surface area contributed by atoms with E-state index in [-0.39, 0.29) is 0 Å². The highest BCUT2D eigenvalue weighted by Gasteiger charge is 1.93. The first kappa shape index (κ1) is 16.7. The molecule has 0 aromatic carbocycles. The van der Waals surface area contributed by atoms with E-state index in [1.807, 2.05) is 0 Å². The molecule has 0 fully saturated rings. The molecule has 0 aliphatic carbocycles. The summed E-state index contributed by atoms with van der Waals surface area (Å²) in [5.41, 5.74) is 0. The molecule has 15 heavy (non-hydrogen) atoms. The molecule has 0 bridgehead atoms. The van der Waals surface area contributed by atoms with Gasteiger partial charge in [-0.2, -0.15) is 0 Å². The number of ether oxygens (including phenoxy) is 1. The van der Waals surface area contributed by atoms with Crippen LogP contribution >= 0.6 is 0 Å². The van der Waals surface area contributed by atoms with E-state index in [0.29, 0.717) is 5.92 Å². The smallest absolute Gasteiger partial charge is 0.0989 e. The third-order valence-electron chi connectivity index (χ3n) is 1.40. The zero-order valence-corrected chi connectivity index (χ0v) is 11.3. The highest BCUT2D eigenvalue weighted by Crippen LogP contribution is 2.08. The standard InChI is InChI=1S/C10H18O.C4H10/c1-5-10(11-6-2)8-7-9(3)4;1-4(2)3/h6,8-9H,2,5,7H2,1,3-4H3;4H,1-3H3/b10-8-;. The number of hydrogen-bond acceptors (Lipinski definition) is 1. The molecular weight excluding hydrogens is 184 g/mol. The van der Waals surface area contributed by atoms with Crippen LogP contribution in [0.25, 0.3) is 0 Å². The molecule has 0 saturated carbocycles. The van der Waals surface area contributed by atoms with Crippen molar-refractivity contribution in [2.24, 2.45) is 11.8 Å². The maximum absolute atomic E-state index is 5.17. The minimum absolute atomic E-state index is 0.699. The summed E-state index contributed by atoms with van der Waals surface area (Å²) in [6, 6.07) is 0. The van der Waals surface area contributed by atoms with Gasteiger partial charge in [-0.05, 0) is 24.3 Å². The van der Waals surface area contributed by atoms with E-state index < -0.39 is 0 Å². The molecule has 0 aliphatic rings. The largest absolute Gasteiger partial charge is 0.470 e. The fourth-order valence-corrected chi connectivity index (χ4v) is 0.750. The van der Waals surface area contributed by atoms with E-state index in [0.717, 1.165) is 24.5 Å². The Kier molecular flexibility index (Phi) is 12.6. The minimum Gasteiger partial charge on any atom is -0.470 e.